The Morgan fingerprint density at radius 3 is 1.88 bits per heavy atom. The summed E-state index contributed by atoms with van der Waals surface area (Å²) in [5.41, 5.74) is 9.92. The Hall–Kier alpha value is -5.12. The summed E-state index contributed by atoms with van der Waals surface area (Å²) in [7, 11) is 0. The van der Waals surface area contributed by atoms with E-state index < -0.39 is 0 Å². The summed E-state index contributed by atoms with van der Waals surface area (Å²) in [5, 5.41) is 7.38. The Labute approximate surface area is 260 Å². The van der Waals surface area contributed by atoms with Crippen molar-refractivity contribution >= 4 is 78.7 Å². The monoisotopic (exact) mass is 600 g/mol. The van der Waals surface area contributed by atoms with E-state index in [1.807, 2.05) is 6.08 Å². The van der Waals surface area contributed by atoms with Gasteiger partial charge in [0.2, 0.25) is 0 Å². The first-order valence-corrected chi connectivity index (χ1v) is 14.2. The van der Waals surface area contributed by atoms with E-state index in [4.69, 9.17) is 9.97 Å². The molecular weight excluding hydrogens is 578 g/mol. The number of hydrogen-bond donors (Lipinski definition) is 2. The molecule has 0 amide bonds. The van der Waals surface area contributed by atoms with Crippen molar-refractivity contribution in [3.05, 3.63) is 132 Å². The van der Waals surface area contributed by atoms with Crippen LogP contribution in [0.2, 0.25) is 0 Å². The molecule has 2 aliphatic rings. The van der Waals surface area contributed by atoms with Crippen LogP contribution >= 0.6 is 0 Å². The maximum absolute atomic E-state index is 5.15. The molecule has 2 N–H and O–H groups in total. The minimum atomic E-state index is 0. The van der Waals surface area contributed by atoms with Gasteiger partial charge in [-0.25, -0.2) is 9.97 Å². The van der Waals surface area contributed by atoms with Crippen LogP contribution in [0.4, 0.5) is 0 Å². The molecule has 3 aromatic heterocycles. The SMILES string of the molecule is C1=Cc2cc3ccc([nH]3)c(-c3cccc4ccc5cc6ccccc6cc5c34)c3nc(cc4ccc(cc1n2)[nH]4)C=C3.[Zn]. The molecule has 5 heterocycles. The molecule has 0 fully saturated rings. The first kappa shape index (κ1) is 25.6. The number of fused-ring (bicyclic) bond motifs is 12. The van der Waals surface area contributed by atoms with Gasteiger partial charge in [0.05, 0.1) is 22.8 Å². The van der Waals surface area contributed by atoms with Crippen LogP contribution in [0.25, 0.3) is 89.8 Å². The number of aromatic nitrogens is 4. The van der Waals surface area contributed by atoms with Gasteiger partial charge in [-0.3, -0.25) is 0 Å². The molecule has 8 bridgehead atoms. The fraction of sp³-hybridized carbons (Fsp3) is 0. The Bertz CT molecular complexity index is 2480. The van der Waals surface area contributed by atoms with Gasteiger partial charge in [-0.05, 0) is 117 Å². The molecule has 0 aliphatic carbocycles. The standard InChI is InChI=1S/C38H24N4.Zn/c1-2-5-25-19-34-26(18-24(25)4-1)9-8-23-6-3-7-33(37(23)34)38-35-16-14-31(41-35)21-29-12-10-27(39-29)20-28-11-13-30(40-28)22-32-15-17-36(38)42-32;/h1-22,39,42H;. The Balaban J connectivity index is 0.00000278. The third-order valence-electron chi connectivity index (χ3n) is 8.22. The van der Waals surface area contributed by atoms with Crippen molar-refractivity contribution in [2.75, 3.05) is 0 Å². The molecule has 0 atom stereocenters. The van der Waals surface area contributed by atoms with E-state index in [2.05, 4.69) is 137 Å². The summed E-state index contributed by atoms with van der Waals surface area (Å²) in [6.07, 6.45) is 8.32. The molecule has 2 aliphatic heterocycles. The molecule has 198 valence electrons. The van der Waals surface area contributed by atoms with Gasteiger partial charge in [-0.1, -0.05) is 54.6 Å². The fourth-order valence-corrected chi connectivity index (χ4v) is 6.30. The molecule has 0 saturated carbocycles. The topological polar surface area (TPSA) is 57.4 Å². The fourth-order valence-electron chi connectivity index (χ4n) is 6.30. The van der Waals surface area contributed by atoms with Gasteiger partial charge >= 0.3 is 0 Å². The van der Waals surface area contributed by atoms with Crippen molar-refractivity contribution in [3.8, 4) is 11.1 Å². The van der Waals surface area contributed by atoms with Gasteiger partial charge in [0.15, 0.2) is 0 Å². The number of aromatic amines is 2. The molecule has 0 spiro atoms. The zero-order valence-electron chi connectivity index (χ0n) is 23.3. The summed E-state index contributed by atoms with van der Waals surface area (Å²) >= 11 is 0. The second-order valence-corrected chi connectivity index (χ2v) is 10.9. The summed E-state index contributed by atoms with van der Waals surface area (Å²) in [6, 6.07) is 38.9. The number of hydrogen-bond acceptors (Lipinski definition) is 2. The van der Waals surface area contributed by atoms with Crippen LogP contribution in [0.5, 0.6) is 0 Å². The van der Waals surface area contributed by atoms with Crippen LogP contribution in [0, 0.1) is 0 Å². The number of nitrogens with one attached hydrogen (secondary N) is 2. The van der Waals surface area contributed by atoms with Crippen molar-refractivity contribution in [1.29, 1.82) is 0 Å². The molecule has 7 aromatic rings. The predicted molar refractivity (Wildman–Crippen MR) is 177 cm³/mol. The molecule has 4 nitrogen and oxygen atoms in total. The van der Waals surface area contributed by atoms with Gasteiger partial charge < -0.3 is 9.97 Å². The van der Waals surface area contributed by atoms with E-state index in [-0.39, 0.29) is 19.5 Å². The van der Waals surface area contributed by atoms with E-state index in [0.29, 0.717) is 0 Å². The summed E-state index contributed by atoms with van der Waals surface area (Å²) in [5.74, 6) is 0. The quantitative estimate of drug-likeness (QED) is 0.112. The van der Waals surface area contributed by atoms with Crippen molar-refractivity contribution in [3.63, 3.8) is 0 Å². The average Bonchev–Trinajstić information content (AvgIpc) is 3.83. The third-order valence-corrected chi connectivity index (χ3v) is 8.22. The zero-order chi connectivity index (χ0) is 27.6. The van der Waals surface area contributed by atoms with E-state index >= 15 is 0 Å². The first-order valence-electron chi connectivity index (χ1n) is 14.2. The maximum Gasteiger partial charge on any atom is 0.0737 e. The van der Waals surface area contributed by atoms with Crippen LogP contribution in [0.1, 0.15) is 22.8 Å². The van der Waals surface area contributed by atoms with Gasteiger partial charge in [-0.15, -0.1) is 0 Å². The second kappa shape index (κ2) is 10.0. The van der Waals surface area contributed by atoms with Crippen LogP contribution in [0.3, 0.4) is 0 Å². The molecule has 9 rings (SSSR count). The molecule has 4 aromatic carbocycles. The molecule has 0 radical (unpaired) electrons. The van der Waals surface area contributed by atoms with Gasteiger partial charge in [0.1, 0.15) is 0 Å². The summed E-state index contributed by atoms with van der Waals surface area (Å²) in [6.45, 7) is 0. The van der Waals surface area contributed by atoms with Crippen molar-refractivity contribution < 1.29 is 19.5 Å². The molecule has 0 saturated heterocycles. The van der Waals surface area contributed by atoms with Gasteiger partial charge in [0, 0.05) is 47.1 Å². The minimum absolute atomic E-state index is 0. The normalized spacial score (nSPS) is 12.3. The minimum Gasteiger partial charge on any atom is -0.355 e. The Morgan fingerprint density at radius 1 is 0.465 bits per heavy atom. The number of nitrogens with zero attached hydrogens (tertiary/aromatic N) is 2. The third kappa shape index (κ3) is 4.41. The zero-order valence-corrected chi connectivity index (χ0v) is 26.3. The molecule has 5 heteroatoms. The van der Waals surface area contributed by atoms with E-state index in [1.165, 1.54) is 32.3 Å². The number of rotatable bonds is 1. The van der Waals surface area contributed by atoms with Crippen LogP contribution in [0.15, 0.2) is 109 Å². The summed E-state index contributed by atoms with van der Waals surface area (Å²) < 4.78 is 0. The Kier molecular flexibility index (Phi) is 5.95. The number of benzene rings is 4. The molecule has 43 heavy (non-hydrogen) atoms. The number of H-pyrrole nitrogens is 2. The van der Waals surface area contributed by atoms with E-state index in [9.17, 15) is 0 Å². The second-order valence-electron chi connectivity index (χ2n) is 10.9. The van der Waals surface area contributed by atoms with E-state index in [0.717, 1.165) is 56.0 Å². The first-order chi connectivity index (χ1) is 20.7. The van der Waals surface area contributed by atoms with Gasteiger partial charge in [-0.2, -0.15) is 0 Å². The van der Waals surface area contributed by atoms with E-state index in [1.54, 1.807) is 0 Å². The smallest absolute Gasteiger partial charge is 0.0737 e. The average molecular weight is 602 g/mol. The van der Waals surface area contributed by atoms with Crippen molar-refractivity contribution in [2.45, 2.75) is 0 Å². The van der Waals surface area contributed by atoms with Gasteiger partial charge in [0.25, 0.3) is 0 Å². The van der Waals surface area contributed by atoms with Crippen molar-refractivity contribution in [1.82, 2.24) is 19.9 Å². The Morgan fingerprint density at radius 2 is 1.09 bits per heavy atom. The predicted octanol–water partition coefficient (Wildman–Crippen LogP) is 9.78. The summed E-state index contributed by atoms with van der Waals surface area (Å²) in [4.78, 5) is 17.1. The van der Waals surface area contributed by atoms with Crippen LogP contribution < -0.4 is 0 Å². The van der Waals surface area contributed by atoms with Crippen LogP contribution in [-0.2, 0) is 19.5 Å². The van der Waals surface area contributed by atoms with Crippen molar-refractivity contribution in [2.24, 2.45) is 0 Å². The molecular formula is C38H24N4Zn. The maximum atomic E-state index is 5.15. The molecule has 0 unspecified atom stereocenters. The largest absolute Gasteiger partial charge is 0.355 e. The van der Waals surface area contributed by atoms with Crippen LogP contribution in [-0.4, -0.2) is 19.9 Å².